The van der Waals surface area contributed by atoms with Crippen molar-refractivity contribution in [2.24, 2.45) is 7.05 Å². The fourth-order valence-corrected chi connectivity index (χ4v) is 3.09. The molecule has 2 heterocycles. The lowest BCUT2D eigenvalue weighted by molar-refractivity contribution is 0.267. The molecular formula is C17H29N5O. The smallest absolute Gasteiger partial charge is 0.0644 e. The second kappa shape index (κ2) is 7.75. The Morgan fingerprint density at radius 1 is 1.00 bits per heavy atom. The van der Waals surface area contributed by atoms with Gasteiger partial charge in [-0.2, -0.15) is 10.2 Å². The van der Waals surface area contributed by atoms with E-state index in [4.69, 9.17) is 5.11 Å². The van der Waals surface area contributed by atoms with Gasteiger partial charge >= 0.3 is 0 Å². The molecule has 6 nitrogen and oxygen atoms in total. The summed E-state index contributed by atoms with van der Waals surface area (Å²) >= 11 is 0. The van der Waals surface area contributed by atoms with Gasteiger partial charge in [-0.3, -0.25) is 9.36 Å². The lowest BCUT2D eigenvalue weighted by atomic mass is 10.1. The second-order valence-electron chi connectivity index (χ2n) is 6.15. The molecule has 0 aromatic carbocycles. The maximum atomic E-state index is 9.06. The number of nitrogens with zero attached hydrogens (tertiary/aromatic N) is 4. The molecule has 0 saturated carbocycles. The zero-order valence-electron chi connectivity index (χ0n) is 15.0. The number of rotatable bonds is 8. The highest BCUT2D eigenvalue weighted by molar-refractivity contribution is 5.25. The third kappa shape index (κ3) is 4.00. The second-order valence-corrected chi connectivity index (χ2v) is 6.15. The van der Waals surface area contributed by atoms with Gasteiger partial charge in [0.05, 0.1) is 24.5 Å². The van der Waals surface area contributed by atoms with E-state index in [0.717, 1.165) is 43.0 Å². The van der Waals surface area contributed by atoms with Crippen LogP contribution >= 0.6 is 0 Å². The van der Waals surface area contributed by atoms with Crippen LogP contribution in [0.2, 0.25) is 0 Å². The Hall–Kier alpha value is -1.66. The first-order chi connectivity index (χ1) is 11.0. The molecule has 0 unspecified atom stereocenters. The third-order valence-electron chi connectivity index (χ3n) is 4.58. The Morgan fingerprint density at radius 2 is 1.70 bits per heavy atom. The minimum atomic E-state index is 0.124. The first-order valence-corrected chi connectivity index (χ1v) is 8.29. The van der Waals surface area contributed by atoms with Gasteiger partial charge in [-0.1, -0.05) is 0 Å². The van der Waals surface area contributed by atoms with Gasteiger partial charge in [0, 0.05) is 30.5 Å². The van der Waals surface area contributed by atoms with Crippen LogP contribution in [-0.2, 0) is 26.6 Å². The number of aliphatic hydroxyl groups is 1. The predicted molar refractivity (Wildman–Crippen MR) is 91.5 cm³/mol. The summed E-state index contributed by atoms with van der Waals surface area (Å²) in [6.45, 7) is 10.8. The molecule has 2 aromatic heterocycles. The molecule has 6 heteroatoms. The maximum absolute atomic E-state index is 9.06. The Bertz CT molecular complexity index is 656. The molecule has 0 aliphatic heterocycles. The van der Waals surface area contributed by atoms with Gasteiger partial charge < -0.3 is 10.4 Å². The average molecular weight is 319 g/mol. The first kappa shape index (κ1) is 17.7. The summed E-state index contributed by atoms with van der Waals surface area (Å²) in [4.78, 5) is 0. The van der Waals surface area contributed by atoms with Gasteiger partial charge in [0.25, 0.3) is 0 Å². The van der Waals surface area contributed by atoms with Crippen LogP contribution in [0, 0.1) is 27.7 Å². The maximum Gasteiger partial charge on any atom is 0.0644 e. The van der Waals surface area contributed by atoms with Gasteiger partial charge in [0.1, 0.15) is 0 Å². The summed E-state index contributed by atoms with van der Waals surface area (Å²) in [6, 6.07) is 0. The van der Waals surface area contributed by atoms with E-state index in [9.17, 15) is 0 Å². The summed E-state index contributed by atoms with van der Waals surface area (Å²) in [6.07, 6.45) is 2.15. The van der Waals surface area contributed by atoms with Crippen LogP contribution < -0.4 is 5.32 Å². The third-order valence-corrected chi connectivity index (χ3v) is 4.58. The Kier molecular flexibility index (Phi) is 5.96. The van der Waals surface area contributed by atoms with Crippen molar-refractivity contribution in [3.05, 3.63) is 33.9 Å². The van der Waals surface area contributed by atoms with E-state index in [1.807, 2.05) is 23.3 Å². The number of aromatic nitrogens is 4. The van der Waals surface area contributed by atoms with Gasteiger partial charge in [-0.25, -0.2) is 0 Å². The number of aryl methyl sites for hydroxylation is 3. The largest absolute Gasteiger partial charge is 0.394 e. The van der Waals surface area contributed by atoms with Gasteiger partial charge in [-0.05, 0) is 52.6 Å². The summed E-state index contributed by atoms with van der Waals surface area (Å²) < 4.78 is 3.84. The zero-order chi connectivity index (χ0) is 17.0. The molecule has 2 rings (SSSR count). The fourth-order valence-electron chi connectivity index (χ4n) is 3.09. The van der Waals surface area contributed by atoms with E-state index in [1.54, 1.807) is 0 Å². The zero-order valence-corrected chi connectivity index (χ0v) is 15.0. The van der Waals surface area contributed by atoms with Crippen LogP contribution in [0.4, 0.5) is 0 Å². The van der Waals surface area contributed by atoms with Crippen molar-refractivity contribution in [3.63, 3.8) is 0 Å². The normalized spacial score (nSPS) is 11.4. The Balaban J connectivity index is 1.82. The quantitative estimate of drug-likeness (QED) is 0.725. The topological polar surface area (TPSA) is 67.9 Å². The fraction of sp³-hybridized carbons (Fsp3) is 0.647. The molecule has 2 N–H and O–H groups in total. The van der Waals surface area contributed by atoms with Crippen molar-refractivity contribution in [2.45, 2.75) is 53.6 Å². The predicted octanol–water partition coefficient (Wildman–Crippen LogP) is 1.56. The van der Waals surface area contributed by atoms with Crippen molar-refractivity contribution < 1.29 is 5.11 Å². The van der Waals surface area contributed by atoms with Crippen molar-refractivity contribution >= 4 is 0 Å². The average Bonchev–Trinajstić information content (AvgIpc) is 2.90. The van der Waals surface area contributed by atoms with Gasteiger partial charge in [-0.15, -0.1) is 0 Å². The summed E-state index contributed by atoms with van der Waals surface area (Å²) in [5, 5.41) is 21.5. The van der Waals surface area contributed by atoms with Crippen LogP contribution in [-0.4, -0.2) is 37.8 Å². The Labute approximate surface area is 138 Å². The van der Waals surface area contributed by atoms with Crippen molar-refractivity contribution in [2.75, 3.05) is 13.2 Å². The minimum absolute atomic E-state index is 0.124. The molecule has 0 saturated heterocycles. The molecule has 0 fully saturated rings. The molecule has 0 amide bonds. The molecule has 0 aliphatic rings. The number of hydrogen-bond acceptors (Lipinski definition) is 4. The lowest BCUT2D eigenvalue weighted by Gasteiger charge is -2.07. The molecule has 0 atom stereocenters. The summed E-state index contributed by atoms with van der Waals surface area (Å²) in [7, 11) is 2.00. The van der Waals surface area contributed by atoms with E-state index >= 15 is 0 Å². The van der Waals surface area contributed by atoms with Gasteiger partial charge in [0.2, 0.25) is 0 Å². The molecule has 0 aliphatic carbocycles. The van der Waals surface area contributed by atoms with E-state index in [-0.39, 0.29) is 6.61 Å². The lowest BCUT2D eigenvalue weighted by Crippen LogP contribution is -2.16. The first-order valence-electron chi connectivity index (χ1n) is 8.29. The van der Waals surface area contributed by atoms with E-state index < -0.39 is 0 Å². The van der Waals surface area contributed by atoms with Crippen molar-refractivity contribution in [3.8, 4) is 0 Å². The molecule has 0 bridgehead atoms. The van der Waals surface area contributed by atoms with Crippen molar-refractivity contribution in [1.29, 1.82) is 0 Å². The summed E-state index contributed by atoms with van der Waals surface area (Å²) in [5.41, 5.74) is 7.21. The van der Waals surface area contributed by atoms with Crippen LogP contribution in [0.25, 0.3) is 0 Å². The van der Waals surface area contributed by atoms with Crippen LogP contribution in [0.15, 0.2) is 0 Å². The highest BCUT2D eigenvalue weighted by Crippen LogP contribution is 2.14. The van der Waals surface area contributed by atoms with Crippen LogP contribution in [0.1, 0.15) is 40.3 Å². The SMILES string of the molecule is Cc1nn(C)c(C)c1CCCNCc1c(C)nn(CCO)c1C. The molecular weight excluding hydrogens is 290 g/mol. The molecule has 23 heavy (non-hydrogen) atoms. The van der Waals surface area contributed by atoms with E-state index in [2.05, 4.69) is 36.3 Å². The van der Waals surface area contributed by atoms with E-state index in [1.165, 1.54) is 16.8 Å². The van der Waals surface area contributed by atoms with Gasteiger partial charge in [0.15, 0.2) is 0 Å². The molecule has 0 radical (unpaired) electrons. The van der Waals surface area contributed by atoms with E-state index in [0.29, 0.717) is 6.54 Å². The molecule has 128 valence electrons. The summed E-state index contributed by atoms with van der Waals surface area (Å²) in [5.74, 6) is 0. The standard InChI is InChI=1S/C17H29N5O/c1-12-16(14(3)21(5)19-12)7-6-8-18-11-17-13(2)20-22(9-10-23)15(17)4/h18,23H,6-11H2,1-5H3. The highest BCUT2D eigenvalue weighted by atomic mass is 16.3. The highest BCUT2D eigenvalue weighted by Gasteiger charge is 2.11. The number of nitrogens with one attached hydrogen (secondary N) is 1. The number of aliphatic hydroxyl groups excluding tert-OH is 1. The Morgan fingerprint density at radius 3 is 2.30 bits per heavy atom. The number of hydrogen-bond donors (Lipinski definition) is 2. The molecule has 0 spiro atoms. The molecule has 2 aromatic rings. The minimum Gasteiger partial charge on any atom is -0.394 e. The van der Waals surface area contributed by atoms with Crippen LogP contribution in [0.3, 0.4) is 0 Å². The monoisotopic (exact) mass is 319 g/mol. The van der Waals surface area contributed by atoms with Crippen molar-refractivity contribution in [1.82, 2.24) is 24.9 Å². The van der Waals surface area contributed by atoms with Crippen LogP contribution in [0.5, 0.6) is 0 Å².